The molecule has 1 aliphatic heterocycles. The molecule has 0 radical (unpaired) electrons. The maximum Gasteiger partial charge on any atom is 0.243 e. The van der Waals surface area contributed by atoms with Gasteiger partial charge in [0.1, 0.15) is 12.1 Å². The van der Waals surface area contributed by atoms with E-state index >= 15 is 0 Å². The highest BCUT2D eigenvalue weighted by Gasteiger charge is 2.33. The molecule has 3 amide bonds. The highest BCUT2D eigenvalue weighted by molar-refractivity contribution is 5.92. The molecule has 1 saturated heterocycles. The molecule has 0 aliphatic carbocycles. The van der Waals surface area contributed by atoms with Gasteiger partial charge in [0.05, 0.1) is 6.04 Å². The summed E-state index contributed by atoms with van der Waals surface area (Å²) in [5, 5.41) is 5.63. The van der Waals surface area contributed by atoms with Gasteiger partial charge < -0.3 is 33.6 Å². The third-order valence-corrected chi connectivity index (χ3v) is 6.38. The van der Waals surface area contributed by atoms with Gasteiger partial charge in [-0.25, -0.2) is 0 Å². The molecule has 0 aromatic heterocycles. The molecule has 0 saturated carbocycles. The van der Waals surface area contributed by atoms with Crippen LogP contribution in [0.3, 0.4) is 0 Å². The number of guanidine groups is 1. The molecule has 1 aromatic carbocycles. The first kappa shape index (κ1) is 29.1. The molecule has 1 fully saturated rings. The van der Waals surface area contributed by atoms with Crippen molar-refractivity contribution in [2.75, 3.05) is 26.2 Å². The topological polar surface area (TPSA) is 195 Å². The molecule has 36 heavy (non-hydrogen) atoms. The number of likely N-dealkylation sites (tertiary alicyclic amines) is 1. The van der Waals surface area contributed by atoms with E-state index in [2.05, 4.69) is 32.7 Å². The van der Waals surface area contributed by atoms with Crippen molar-refractivity contribution in [3.05, 3.63) is 35.9 Å². The number of nitrogens with zero attached hydrogens (tertiary/aromatic N) is 2. The smallest absolute Gasteiger partial charge is 0.243 e. The molecule has 1 heterocycles. The standard InChI is InChI=1S/C25H42N8O3/c26-14-5-4-10-20(23(35)31-19(22(27)34)11-6-15-30-25(28)29)32-24(36)21-12-7-16-33(21)17-13-18-8-2-1-3-9-18/h1-3,8-9,19-21H,4-7,10-17,26H2,(H2,27,34)(H,31,35)(H,32,36)(H4,28,29,30). The minimum atomic E-state index is -0.880. The van der Waals surface area contributed by atoms with Gasteiger partial charge in [-0.1, -0.05) is 30.3 Å². The fourth-order valence-electron chi connectivity index (χ4n) is 4.40. The number of hydrogen-bond donors (Lipinski definition) is 6. The Morgan fingerprint density at radius 2 is 1.72 bits per heavy atom. The number of unbranched alkanes of at least 4 members (excludes halogenated alkanes) is 1. The molecule has 3 atom stereocenters. The SMILES string of the molecule is NCCCCC(NC(=O)C1CCCN1CCc1ccccc1)C(=O)NC(CCCN=C(N)N)C(N)=O. The molecule has 1 aliphatic rings. The maximum atomic E-state index is 13.2. The zero-order chi connectivity index (χ0) is 26.3. The number of amides is 3. The molecular weight excluding hydrogens is 460 g/mol. The van der Waals surface area contributed by atoms with Crippen LogP contribution < -0.4 is 33.6 Å². The Morgan fingerprint density at radius 1 is 1.00 bits per heavy atom. The summed E-state index contributed by atoms with van der Waals surface area (Å²) < 4.78 is 0. The van der Waals surface area contributed by atoms with Crippen LogP contribution in [-0.2, 0) is 20.8 Å². The molecule has 2 rings (SSSR count). The van der Waals surface area contributed by atoms with Crippen molar-refractivity contribution in [2.45, 2.75) is 69.5 Å². The van der Waals surface area contributed by atoms with Gasteiger partial charge in [0.2, 0.25) is 17.7 Å². The van der Waals surface area contributed by atoms with E-state index in [-0.39, 0.29) is 24.3 Å². The molecule has 1 aromatic rings. The van der Waals surface area contributed by atoms with Crippen LogP contribution in [0.1, 0.15) is 50.5 Å². The summed E-state index contributed by atoms with van der Waals surface area (Å²) in [5.41, 5.74) is 23.0. The molecule has 0 spiro atoms. The normalized spacial score (nSPS) is 17.2. The van der Waals surface area contributed by atoms with Crippen LogP contribution in [0.15, 0.2) is 35.3 Å². The van der Waals surface area contributed by atoms with Gasteiger partial charge in [0.15, 0.2) is 5.96 Å². The van der Waals surface area contributed by atoms with Crippen molar-refractivity contribution in [1.29, 1.82) is 0 Å². The van der Waals surface area contributed by atoms with Gasteiger partial charge in [-0.2, -0.15) is 0 Å². The minimum absolute atomic E-state index is 0.0398. The summed E-state index contributed by atoms with van der Waals surface area (Å²) in [7, 11) is 0. The predicted molar refractivity (Wildman–Crippen MR) is 141 cm³/mol. The van der Waals surface area contributed by atoms with Crippen LogP contribution >= 0.6 is 0 Å². The van der Waals surface area contributed by atoms with Crippen LogP contribution in [0.2, 0.25) is 0 Å². The Kier molecular flexibility index (Phi) is 12.7. The lowest BCUT2D eigenvalue weighted by Crippen LogP contribution is -2.55. The number of carbonyl (C=O) groups is 3. The highest BCUT2D eigenvalue weighted by atomic mass is 16.2. The third kappa shape index (κ3) is 10.2. The van der Waals surface area contributed by atoms with Crippen molar-refractivity contribution in [3.63, 3.8) is 0 Å². The lowest BCUT2D eigenvalue weighted by Gasteiger charge is -2.27. The highest BCUT2D eigenvalue weighted by Crippen LogP contribution is 2.19. The average molecular weight is 503 g/mol. The largest absolute Gasteiger partial charge is 0.370 e. The summed E-state index contributed by atoms with van der Waals surface area (Å²) in [5.74, 6) is -1.29. The van der Waals surface area contributed by atoms with Crippen LogP contribution in [-0.4, -0.2) is 72.9 Å². The first-order valence-corrected chi connectivity index (χ1v) is 12.7. The van der Waals surface area contributed by atoms with Gasteiger partial charge >= 0.3 is 0 Å². The summed E-state index contributed by atoms with van der Waals surface area (Å²) in [6.07, 6.45) is 5.10. The number of nitrogens with one attached hydrogen (secondary N) is 2. The van der Waals surface area contributed by atoms with Crippen molar-refractivity contribution in [3.8, 4) is 0 Å². The Morgan fingerprint density at radius 3 is 2.39 bits per heavy atom. The lowest BCUT2D eigenvalue weighted by atomic mass is 10.1. The van der Waals surface area contributed by atoms with Gasteiger partial charge in [-0.3, -0.25) is 24.3 Å². The molecule has 200 valence electrons. The van der Waals surface area contributed by atoms with E-state index in [1.807, 2.05) is 18.2 Å². The van der Waals surface area contributed by atoms with E-state index in [1.165, 1.54) is 5.56 Å². The van der Waals surface area contributed by atoms with Gasteiger partial charge in [-0.05, 0) is 70.0 Å². The summed E-state index contributed by atoms with van der Waals surface area (Å²) in [4.78, 5) is 44.3. The Bertz CT molecular complexity index is 860. The number of nitrogens with two attached hydrogens (primary N) is 4. The van der Waals surface area contributed by atoms with Crippen molar-refractivity contribution >= 4 is 23.7 Å². The molecule has 0 bridgehead atoms. The zero-order valence-corrected chi connectivity index (χ0v) is 21.0. The Labute approximate surface area is 213 Å². The quantitative estimate of drug-likeness (QED) is 0.0979. The van der Waals surface area contributed by atoms with Gasteiger partial charge in [0.25, 0.3) is 0 Å². The minimum Gasteiger partial charge on any atom is -0.370 e. The summed E-state index contributed by atoms with van der Waals surface area (Å²) >= 11 is 0. The van der Waals surface area contributed by atoms with Crippen LogP contribution in [0, 0.1) is 0 Å². The lowest BCUT2D eigenvalue weighted by molar-refractivity contribution is -0.133. The first-order valence-electron chi connectivity index (χ1n) is 12.7. The fraction of sp³-hybridized carbons (Fsp3) is 0.600. The predicted octanol–water partition coefficient (Wildman–Crippen LogP) is -0.669. The Hall–Kier alpha value is -3.18. The van der Waals surface area contributed by atoms with Crippen molar-refractivity contribution in [2.24, 2.45) is 27.9 Å². The first-order chi connectivity index (χ1) is 17.3. The second-order valence-corrected chi connectivity index (χ2v) is 9.19. The number of hydrogen-bond acceptors (Lipinski definition) is 6. The van der Waals surface area contributed by atoms with E-state index in [0.29, 0.717) is 32.4 Å². The molecule has 3 unspecified atom stereocenters. The second kappa shape index (κ2) is 15.7. The number of primary amides is 1. The molecule has 11 heteroatoms. The summed E-state index contributed by atoms with van der Waals surface area (Å²) in [6.45, 7) is 2.42. The van der Waals surface area contributed by atoms with Crippen LogP contribution in [0.5, 0.6) is 0 Å². The average Bonchev–Trinajstić information content (AvgIpc) is 3.33. The number of rotatable bonds is 16. The van der Waals surface area contributed by atoms with Gasteiger partial charge in [-0.15, -0.1) is 0 Å². The fourth-order valence-corrected chi connectivity index (χ4v) is 4.40. The third-order valence-electron chi connectivity index (χ3n) is 6.38. The van der Waals surface area contributed by atoms with E-state index in [1.54, 1.807) is 0 Å². The number of carbonyl (C=O) groups excluding carboxylic acids is 3. The van der Waals surface area contributed by atoms with Crippen molar-refractivity contribution in [1.82, 2.24) is 15.5 Å². The maximum absolute atomic E-state index is 13.2. The second-order valence-electron chi connectivity index (χ2n) is 9.19. The molecule has 10 N–H and O–H groups in total. The van der Waals surface area contributed by atoms with Crippen LogP contribution in [0.4, 0.5) is 0 Å². The molecule has 11 nitrogen and oxygen atoms in total. The van der Waals surface area contributed by atoms with E-state index in [0.717, 1.165) is 38.8 Å². The summed E-state index contributed by atoms with van der Waals surface area (Å²) in [6, 6.07) is 8.21. The Balaban J connectivity index is 1.98. The zero-order valence-electron chi connectivity index (χ0n) is 21.0. The van der Waals surface area contributed by atoms with Crippen LogP contribution in [0.25, 0.3) is 0 Å². The van der Waals surface area contributed by atoms with Gasteiger partial charge in [0, 0.05) is 13.1 Å². The molecular formula is C25H42N8O3. The van der Waals surface area contributed by atoms with E-state index in [4.69, 9.17) is 22.9 Å². The van der Waals surface area contributed by atoms with Crippen molar-refractivity contribution < 1.29 is 14.4 Å². The number of aliphatic imine (C=N–C) groups is 1. The van der Waals surface area contributed by atoms with E-state index < -0.39 is 23.9 Å². The number of benzene rings is 1. The van der Waals surface area contributed by atoms with E-state index in [9.17, 15) is 14.4 Å². The monoisotopic (exact) mass is 502 g/mol.